The lowest BCUT2D eigenvalue weighted by atomic mass is 9.93. The number of amides is 2. The van der Waals surface area contributed by atoms with E-state index in [1.165, 1.54) is 0 Å². The molecule has 2 fully saturated rings. The molecule has 7 heteroatoms. The van der Waals surface area contributed by atoms with E-state index in [-0.39, 0.29) is 28.2 Å². The summed E-state index contributed by atoms with van der Waals surface area (Å²) in [7, 11) is 0. The predicted octanol–water partition coefficient (Wildman–Crippen LogP) is 0.805. The topological polar surface area (TPSA) is 92.6 Å². The van der Waals surface area contributed by atoms with Crippen molar-refractivity contribution in [2.24, 2.45) is 11.3 Å². The second-order valence-electron chi connectivity index (χ2n) is 7.02. The molecule has 0 aromatic rings. The van der Waals surface area contributed by atoms with E-state index in [0.29, 0.717) is 32.4 Å². The van der Waals surface area contributed by atoms with E-state index in [4.69, 9.17) is 0 Å². The summed E-state index contributed by atoms with van der Waals surface area (Å²) in [6.07, 6.45) is 1.77. The van der Waals surface area contributed by atoms with Gasteiger partial charge in [0.1, 0.15) is 5.92 Å². The van der Waals surface area contributed by atoms with E-state index < -0.39 is 12.0 Å². The second-order valence-corrected chi connectivity index (χ2v) is 7.02. The lowest BCUT2D eigenvalue weighted by Crippen LogP contribution is -2.49. The van der Waals surface area contributed by atoms with Gasteiger partial charge in [-0.25, -0.2) is 0 Å². The van der Waals surface area contributed by atoms with Crippen LogP contribution in [-0.2, 0) is 9.59 Å². The Bertz CT molecular complexity index is 450. The molecule has 1 saturated carbocycles. The van der Waals surface area contributed by atoms with Crippen molar-refractivity contribution >= 4 is 11.8 Å². The molecule has 2 atom stereocenters. The summed E-state index contributed by atoms with van der Waals surface area (Å²) in [5.74, 6) is -0.547. The Morgan fingerprint density at radius 2 is 1.81 bits per heavy atom. The average molecular weight is 297 g/mol. The van der Waals surface area contributed by atoms with Gasteiger partial charge in [0.05, 0.1) is 0 Å². The fourth-order valence-corrected chi connectivity index (χ4v) is 2.71. The van der Waals surface area contributed by atoms with Crippen LogP contribution >= 0.6 is 0 Å². The highest BCUT2D eigenvalue weighted by molar-refractivity contribution is 5.83. The van der Waals surface area contributed by atoms with Gasteiger partial charge in [-0.1, -0.05) is 20.8 Å². The standard InChI is InChI=1S/C14H23N3O4/c1-14(2,3)13(19)16-6-4-9(5-7-16)15-12(18)10-8-11(10)17(20)21/h9-11H,4-8H2,1-3H3,(H,15,18)/t10-,11-/m1/s1. The van der Waals surface area contributed by atoms with Crippen molar-refractivity contribution in [2.45, 2.75) is 52.1 Å². The molecule has 0 spiro atoms. The smallest absolute Gasteiger partial charge is 0.230 e. The van der Waals surface area contributed by atoms with Crippen molar-refractivity contribution in [2.75, 3.05) is 13.1 Å². The Hall–Kier alpha value is -1.66. The highest BCUT2D eigenvalue weighted by atomic mass is 16.6. The molecular weight excluding hydrogens is 274 g/mol. The number of piperidine rings is 1. The van der Waals surface area contributed by atoms with Gasteiger partial charge in [-0.05, 0) is 12.8 Å². The first kappa shape index (κ1) is 15.7. The monoisotopic (exact) mass is 297 g/mol. The number of nitrogens with zero attached hydrogens (tertiary/aromatic N) is 2. The Morgan fingerprint density at radius 1 is 1.24 bits per heavy atom. The van der Waals surface area contributed by atoms with E-state index in [1.54, 1.807) is 0 Å². The molecule has 0 aromatic heterocycles. The SMILES string of the molecule is CC(C)(C)C(=O)N1CCC(NC(=O)[C@@H]2C[C@H]2[N+](=O)[O-])CC1. The van der Waals surface area contributed by atoms with E-state index >= 15 is 0 Å². The summed E-state index contributed by atoms with van der Waals surface area (Å²) < 4.78 is 0. The Morgan fingerprint density at radius 3 is 2.24 bits per heavy atom. The number of carbonyl (C=O) groups is 2. The Labute approximate surface area is 124 Å². The van der Waals surface area contributed by atoms with Crippen molar-refractivity contribution in [1.82, 2.24) is 10.2 Å². The van der Waals surface area contributed by atoms with E-state index in [1.807, 2.05) is 25.7 Å². The van der Waals surface area contributed by atoms with E-state index in [0.717, 1.165) is 0 Å². The van der Waals surface area contributed by atoms with Crippen molar-refractivity contribution in [3.05, 3.63) is 10.1 Å². The molecule has 1 aliphatic carbocycles. The molecule has 1 saturated heterocycles. The van der Waals surface area contributed by atoms with Crippen LogP contribution in [0.4, 0.5) is 0 Å². The molecule has 2 rings (SSSR count). The van der Waals surface area contributed by atoms with Gasteiger partial charge in [0.15, 0.2) is 0 Å². The highest BCUT2D eigenvalue weighted by Crippen LogP contribution is 2.33. The van der Waals surface area contributed by atoms with Crippen LogP contribution in [0.15, 0.2) is 0 Å². The molecule has 0 unspecified atom stereocenters. The van der Waals surface area contributed by atoms with Crippen LogP contribution in [0.3, 0.4) is 0 Å². The Balaban J connectivity index is 1.76. The lowest BCUT2D eigenvalue weighted by Gasteiger charge is -2.36. The quantitative estimate of drug-likeness (QED) is 0.616. The molecule has 1 aliphatic heterocycles. The number of likely N-dealkylation sites (tertiary alicyclic amines) is 1. The molecular formula is C14H23N3O4. The number of nitro groups is 1. The summed E-state index contributed by atoms with van der Waals surface area (Å²) in [4.78, 5) is 36.0. The summed E-state index contributed by atoms with van der Waals surface area (Å²) in [6, 6.07) is -0.679. The molecule has 0 radical (unpaired) electrons. The van der Waals surface area contributed by atoms with Crippen molar-refractivity contribution in [3.8, 4) is 0 Å². The van der Waals surface area contributed by atoms with E-state index in [2.05, 4.69) is 5.32 Å². The zero-order chi connectivity index (χ0) is 15.8. The second kappa shape index (κ2) is 5.61. The average Bonchev–Trinajstić information content (AvgIpc) is 3.18. The normalized spacial score (nSPS) is 26.3. The third kappa shape index (κ3) is 3.71. The van der Waals surface area contributed by atoms with Crippen LogP contribution in [-0.4, -0.2) is 46.8 Å². The van der Waals surface area contributed by atoms with Gasteiger partial charge in [-0.3, -0.25) is 19.7 Å². The van der Waals surface area contributed by atoms with Crippen LogP contribution < -0.4 is 5.32 Å². The van der Waals surface area contributed by atoms with Crippen LogP contribution in [0.1, 0.15) is 40.0 Å². The fourth-order valence-electron chi connectivity index (χ4n) is 2.71. The first-order valence-electron chi connectivity index (χ1n) is 7.43. The van der Waals surface area contributed by atoms with Gasteiger partial charge in [-0.15, -0.1) is 0 Å². The number of hydrogen-bond donors (Lipinski definition) is 1. The van der Waals surface area contributed by atoms with Gasteiger partial charge in [-0.2, -0.15) is 0 Å². The van der Waals surface area contributed by atoms with Gasteiger partial charge < -0.3 is 10.2 Å². The van der Waals surface area contributed by atoms with Gasteiger partial charge in [0.25, 0.3) is 0 Å². The molecule has 21 heavy (non-hydrogen) atoms. The first-order chi connectivity index (χ1) is 9.70. The van der Waals surface area contributed by atoms with Crippen LogP contribution in [0.25, 0.3) is 0 Å². The van der Waals surface area contributed by atoms with Gasteiger partial charge >= 0.3 is 0 Å². The van der Waals surface area contributed by atoms with Gasteiger partial charge in [0, 0.05) is 35.9 Å². The van der Waals surface area contributed by atoms with Crippen molar-refractivity contribution in [1.29, 1.82) is 0 Å². The molecule has 0 bridgehead atoms. The van der Waals surface area contributed by atoms with Crippen LogP contribution in [0, 0.1) is 21.4 Å². The summed E-state index contributed by atoms with van der Waals surface area (Å²) in [5.41, 5.74) is -0.386. The fraction of sp³-hybridized carbons (Fsp3) is 0.857. The molecule has 7 nitrogen and oxygen atoms in total. The van der Waals surface area contributed by atoms with Crippen LogP contribution in [0.2, 0.25) is 0 Å². The number of rotatable bonds is 3. The molecule has 2 amide bonds. The third-order valence-electron chi connectivity index (χ3n) is 4.13. The molecule has 1 heterocycles. The lowest BCUT2D eigenvalue weighted by molar-refractivity contribution is -0.497. The van der Waals surface area contributed by atoms with Crippen molar-refractivity contribution in [3.63, 3.8) is 0 Å². The summed E-state index contributed by atoms with van der Waals surface area (Å²) in [6.45, 7) is 6.95. The minimum atomic E-state index is -0.701. The Kier molecular flexibility index (Phi) is 4.20. The number of nitrogens with one attached hydrogen (secondary N) is 1. The number of carbonyl (C=O) groups excluding carboxylic acids is 2. The third-order valence-corrected chi connectivity index (χ3v) is 4.13. The van der Waals surface area contributed by atoms with Crippen LogP contribution in [0.5, 0.6) is 0 Å². The summed E-state index contributed by atoms with van der Waals surface area (Å²) >= 11 is 0. The maximum absolute atomic E-state index is 12.1. The maximum Gasteiger partial charge on any atom is 0.230 e. The highest BCUT2D eigenvalue weighted by Gasteiger charge is 2.53. The minimum Gasteiger partial charge on any atom is -0.353 e. The van der Waals surface area contributed by atoms with E-state index in [9.17, 15) is 19.7 Å². The molecule has 2 aliphatic rings. The molecule has 0 aromatic carbocycles. The minimum absolute atomic E-state index is 0.0227. The molecule has 118 valence electrons. The first-order valence-corrected chi connectivity index (χ1v) is 7.43. The number of hydrogen-bond acceptors (Lipinski definition) is 4. The predicted molar refractivity (Wildman–Crippen MR) is 76.1 cm³/mol. The zero-order valence-electron chi connectivity index (χ0n) is 12.8. The largest absolute Gasteiger partial charge is 0.353 e. The maximum atomic E-state index is 12.1. The molecule has 1 N–H and O–H groups in total. The zero-order valence-corrected chi connectivity index (χ0v) is 12.8. The van der Waals surface area contributed by atoms with Crippen molar-refractivity contribution < 1.29 is 14.5 Å². The summed E-state index contributed by atoms with van der Waals surface area (Å²) in [5, 5.41) is 13.4. The van der Waals surface area contributed by atoms with Gasteiger partial charge in [0.2, 0.25) is 17.9 Å².